The molecule has 2 heterocycles. The number of nitrogens with zero attached hydrogens (tertiary/aromatic N) is 2. The highest BCUT2D eigenvalue weighted by molar-refractivity contribution is 5.99. The van der Waals surface area contributed by atoms with Crippen LogP contribution in [-0.2, 0) is 10.2 Å². The summed E-state index contributed by atoms with van der Waals surface area (Å²) in [4.78, 5) is 12.3. The van der Waals surface area contributed by atoms with Crippen molar-refractivity contribution in [2.75, 3.05) is 56.7 Å². The third-order valence-electron chi connectivity index (χ3n) is 6.43. The molecule has 206 valence electrons. The van der Waals surface area contributed by atoms with Crippen LogP contribution < -0.4 is 15.4 Å². The summed E-state index contributed by atoms with van der Waals surface area (Å²) in [5.41, 5.74) is 1.64. The van der Waals surface area contributed by atoms with Gasteiger partial charge in [0.1, 0.15) is 24.6 Å². The lowest BCUT2D eigenvalue weighted by molar-refractivity contribution is -0.888. The maximum absolute atomic E-state index is 12.5. The first-order chi connectivity index (χ1) is 18.7. The van der Waals surface area contributed by atoms with Crippen LogP contribution in [0.25, 0.3) is 0 Å². The number of carbonyl (C=O) groups is 1. The number of aliphatic hydroxyl groups is 1. The quantitative estimate of drug-likeness (QED) is 0.163. The van der Waals surface area contributed by atoms with E-state index in [9.17, 15) is 15.1 Å². The molecule has 3 N–H and O–H groups in total. The average molecular weight is 535 g/mol. The number of nitrogens with one attached hydrogen (secondary N) is 2. The number of anilines is 2. The highest BCUT2D eigenvalue weighted by atomic mass is 16.6. The zero-order valence-electron chi connectivity index (χ0n) is 22.2. The molecule has 4 rings (SSSR count). The van der Waals surface area contributed by atoms with Crippen molar-refractivity contribution in [2.45, 2.75) is 25.7 Å². The molecule has 3 aromatic rings. The van der Waals surface area contributed by atoms with Gasteiger partial charge in [-0.3, -0.25) is 5.32 Å². The van der Waals surface area contributed by atoms with E-state index in [-0.39, 0.29) is 17.1 Å². The molecule has 2 aromatic carbocycles. The number of ether oxygens (including phenoxy) is 2. The van der Waals surface area contributed by atoms with Crippen molar-refractivity contribution in [1.82, 2.24) is 5.16 Å². The molecule has 10 nitrogen and oxygen atoms in total. The largest absolute Gasteiger partial charge is 0.633 e. The Labute approximate surface area is 228 Å². The van der Waals surface area contributed by atoms with Crippen LogP contribution in [0, 0.1) is 17.0 Å². The molecule has 1 saturated heterocycles. The second kappa shape index (κ2) is 12.8. The van der Waals surface area contributed by atoms with E-state index in [0.29, 0.717) is 57.3 Å². The summed E-state index contributed by atoms with van der Waals surface area (Å²) < 4.78 is 16.1. The van der Waals surface area contributed by atoms with Crippen LogP contribution in [0.1, 0.15) is 37.2 Å². The number of quaternary nitrogens is 1. The van der Waals surface area contributed by atoms with Gasteiger partial charge in [-0.2, -0.15) is 0 Å². The highest BCUT2D eigenvalue weighted by Crippen LogP contribution is 2.25. The standard InChI is InChI=1S/C29H34N4O6/c1-29(2,21-34)26-20-27(32-39-26)31-28(35)30-24-10-6-22(7-11-24)4-5-23-8-12-25(13-9-23)38-17-3-14-33(36)15-18-37-19-16-33/h6-13,20,34H,3,14-19,21H2,1-2H3,(H2,30,31,32,35). The van der Waals surface area contributed by atoms with Crippen molar-refractivity contribution in [3.8, 4) is 17.6 Å². The summed E-state index contributed by atoms with van der Waals surface area (Å²) in [5, 5.41) is 31.1. The van der Waals surface area contributed by atoms with Crippen LogP contribution in [0.3, 0.4) is 0 Å². The van der Waals surface area contributed by atoms with Crippen molar-refractivity contribution in [2.24, 2.45) is 0 Å². The lowest BCUT2D eigenvalue weighted by atomic mass is 9.92. The van der Waals surface area contributed by atoms with E-state index < -0.39 is 11.4 Å². The maximum Gasteiger partial charge on any atom is 0.324 e. The molecule has 0 radical (unpaired) electrons. The Morgan fingerprint density at radius 1 is 1.08 bits per heavy atom. The SMILES string of the molecule is CC(C)(CO)c1cc(NC(=O)Nc2ccc(C#Cc3ccc(OCCC[N+]4([O-])CCOCC4)cc3)cc2)no1. The fraction of sp³-hybridized carbons (Fsp3) is 0.379. The number of morpholine rings is 1. The molecule has 0 saturated carbocycles. The molecule has 10 heteroatoms. The highest BCUT2D eigenvalue weighted by Gasteiger charge is 2.25. The average Bonchev–Trinajstić information content (AvgIpc) is 3.41. The molecule has 1 aliphatic heterocycles. The Hall–Kier alpha value is -3.88. The van der Waals surface area contributed by atoms with Gasteiger partial charge >= 0.3 is 6.03 Å². The van der Waals surface area contributed by atoms with E-state index in [1.54, 1.807) is 18.2 Å². The molecule has 0 atom stereocenters. The number of benzene rings is 2. The van der Waals surface area contributed by atoms with Gasteiger partial charge in [0.25, 0.3) is 0 Å². The third kappa shape index (κ3) is 8.30. The number of amides is 2. The molecule has 1 aromatic heterocycles. The van der Waals surface area contributed by atoms with Crippen LogP contribution in [0.15, 0.2) is 59.1 Å². The second-order valence-electron chi connectivity index (χ2n) is 10.1. The Kier molecular flexibility index (Phi) is 9.22. The van der Waals surface area contributed by atoms with E-state index in [0.717, 1.165) is 16.9 Å². The zero-order chi connectivity index (χ0) is 27.7. The smallest absolute Gasteiger partial charge is 0.324 e. The van der Waals surface area contributed by atoms with E-state index in [4.69, 9.17) is 14.0 Å². The van der Waals surface area contributed by atoms with Crippen molar-refractivity contribution < 1.29 is 28.5 Å². The lowest BCUT2D eigenvalue weighted by Gasteiger charge is -2.45. The summed E-state index contributed by atoms with van der Waals surface area (Å²) in [7, 11) is 0. The fourth-order valence-electron chi connectivity index (χ4n) is 3.87. The molecule has 0 aliphatic carbocycles. The normalized spacial score (nSPS) is 14.7. The Morgan fingerprint density at radius 3 is 2.36 bits per heavy atom. The number of urea groups is 1. The fourth-order valence-corrected chi connectivity index (χ4v) is 3.87. The maximum atomic E-state index is 12.5. The minimum atomic E-state index is -0.594. The first-order valence-corrected chi connectivity index (χ1v) is 12.9. The van der Waals surface area contributed by atoms with Crippen molar-refractivity contribution in [3.05, 3.63) is 76.7 Å². The Bertz CT molecular complexity index is 1290. The Balaban J connectivity index is 1.22. The molecule has 2 amide bonds. The first kappa shape index (κ1) is 28.1. The lowest BCUT2D eigenvalue weighted by Crippen LogP contribution is -2.51. The summed E-state index contributed by atoms with van der Waals surface area (Å²) in [6.07, 6.45) is 0.696. The van der Waals surface area contributed by atoms with Crippen molar-refractivity contribution in [3.63, 3.8) is 0 Å². The molecule has 1 fully saturated rings. The second-order valence-corrected chi connectivity index (χ2v) is 10.1. The van der Waals surface area contributed by atoms with Gasteiger partial charge in [0, 0.05) is 34.7 Å². The van der Waals surface area contributed by atoms with Gasteiger partial charge < -0.3 is 34.3 Å². The molecule has 0 bridgehead atoms. The summed E-state index contributed by atoms with van der Waals surface area (Å²) in [6, 6.07) is 15.8. The number of carbonyl (C=O) groups excluding carboxylic acids is 1. The molecular formula is C29H34N4O6. The number of aliphatic hydroxyl groups excluding tert-OH is 1. The van der Waals surface area contributed by atoms with Crippen LogP contribution in [-0.4, -0.2) is 67.0 Å². The van der Waals surface area contributed by atoms with Crippen molar-refractivity contribution in [1.29, 1.82) is 0 Å². The van der Waals surface area contributed by atoms with Crippen LogP contribution >= 0.6 is 0 Å². The molecule has 1 aliphatic rings. The topological polar surface area (TPSA) is 129 Å². The molecular weight excluding hydrogens is 500 g/mol. The van der Waals surface area contributed by atoms with Gasteiger partial charge in [-0.1, -0.05) is 30.8 Å². The summed E-state index contributed by atoms with van der Waals surface area (Å²) >= 11 is 0. The predicted octanol–water partition coefficient (Wildman–Crippen LogP) is 4.10. The van der Waals surface area contributed by atoms with E-state index in [2.05, 4.69) is 27.6 Å². The van der Waals surface area contributed by atoms with Crippen molar-refractivity contribution >= 4 is 17.5 Å². The van der Waals surface area contributed by atoms with Gasteiger partial charge in [0.15, 0.2) is 5.82 Å². The molecule has 0 unspecified atom stereocenters. The van der Waals surface area contributed by atoms with Crippen LogP contribution in [0.5, 0.6) is 5.75 Å². The summed E-state index contributed by atoms with van der Waals surface area (Å²) in [5.74, 6) is 7.70. The predicted molar refractivity (Wildman–Crippen MR) is 147 cm³/mol. The van der Waals surface area contributed by atoms with E-state index >= 15 is 0 Å². The van der Waals surface area contributed by atoms with E-state index in [1.165, 1.54) is 0 Å². The number of hydroxylamine groups is 3. The van der Waals surface area contributed by atoms with Gasteiger partial charge in [0.2, 0.25) is 0 Å². The zero-order valence-corrected chi connectivity index (χ0v) is 22.2. The van der Waals surface area contributed by atoms with Crippen LogP contribution in [0.2, 0.25) is 0 Å². The minimum absolute atomic E-state index is 0.107. The minimum Gasteiger partial charge on any atom is -0.633 e. The molecule has 0 spiro atoms. The van der Waals surface area contributed by atoms with Gasteiger partial charge in [-0.25, -0.2) is 4.79 Å². The Morgan fingerprint density at radius 2 is 1.72 bits per heavy atom. The molecule has 39 heavy (non-hydrogen) atoms. The number of rotatable bonds is 9. The van der Waals surface area contributed by atoms with Gasteiger partial charge in [0.05, 0.1) is 33.0 Å². The van der Waals surface area contributed by atoms with Gasteiger partial charge in [-0.15, -0.1) is 0 Å². The van der Waals surface area contributed by atoms with E-state index in [1.807, 2.05) is 50.2 Å². The number of hydrogen-bond acceptors (Lipinski definition) is 7. The number of hydrogen-bond donors (Lipinski definition) is 3. The first-order valence-electron chi connectivity index (χ1n) is 12.9. The third-order valence-corrected chi connectivity index (χ3v) is 6.43. The van der Waals surface area contributed by atoms with Gasteiger partial charge in [-0.05, 0) is 48.5 Å². The van der Waals surface area contributed by atoms with Crippen LogP contribution in [0.4, 0.5) is 16.3 Å². The monoisotopic (exact) mass is 534 g/mol. The summed E-state index contributed by atoms with van der Waals surface area (Å²) in [6.45, 7) is 6.64. The number of aromatic nitrogens is 1.